The molecule has 0 aromatic carbocycles. The van der Waals surface area contributed by atoms with Crippen molar-refractivity contribution < 1.29 is 4.79 Å². The van der Waals surface area contributed by atoms with Gasteiger partial charge in [-0.2, -0.15) is 5.10 Å². The zero-order chi connectivity index (χ0) is 17.8. The van der Waals surface area contributed by atoms with Crippen LogP contribution in [0.15, 0.2) is 12.4 Å². The summed E-state index contributed by atoms with van der Waals surface area (Å²) in [5.41, 5.74) is 0.946. The quantitative estimate of drug-likeness (QED) is 0.796. The molecule has 1 aromatic rings. The van der Waals surface area contributed by atoms with E-state index in [1.54, 1.807) is 10.9 Å². The predicted molar refractivity (Wildman–Crippen MR) is 114 cm³/mol. The Kier molecular flexibility index (Phi) is 10.1. The Balaban J connectivity index is 0.00000182. The van der Waals surface area contributed by atoms with E-state index in [9.17, 15) is 4.79 Å². The molecule has 156 valence electrons. The SMILES string of the molecule is CNC(C(=O)N1CCCC(CN2CCCCC2C)C1)c1cnn(C)c1.Cl.Cl. The molecule has 3 atom stereocenters. The van der Waals surface area contributed by atoms with Crippen LogP contribution in [0.1, 0.15) is 50.6 Å². The lowest BCUT2D eigenvalue weighted by atomic mass is 9.94. The topological polar surface area (TPSA) is 53.4 Å². The van der Waals surface area contributed by atoms with Crippen LogP contribution >= 0.6 is 24.8 Å². The minimum absolute atomic E-state index is 0. The van der Waals surface area contributed by atoms with Gasteiger partial charge in [0, 0.05) is 44.5 Å². The molecule has 0 bridgehead atoms. The van der Waals surface area contributed by atoms with E-state index in [2.05, 4.69) is 27.1 Å². The normalized spacial score (nSPS) is 24.6. The van der Waals surface area contributed by atoms with Gasteiger partial charge in [-0.15, -0.1) is 24.8 Å². The number of aryl methyl sites for hydroxylation is 1. The number of amides is 1. The van der Waals surface area contributed by atoms with E-state index in [-0.39, 0.29) is 36.8 Å². The van der Waals surface area contributed by atoms with E-state index in [1.807, 2.05) is 20.3 Å². The number of carbonyl (C=O) groups excluding carboxylic acids is 1. The number of likely N-dealkylation sites (N-methyl/N-ethyl adjacent to an activating group) is 1. The molecule has 0 saturated carbocycles. The van der Waals surface area contributed by atoms with Crippen LogP contribution in [-0.4, -0.2) is 64.8 Å². The van der Waals surface area contributed by atoms with E-state index in [1.165, 1.54) is 32.2 Å². The molecule has 1 amide bonds. The van der Waals surface area contributed by atoms with Crippen molar-refractivity contribution in [3.05, 3.63) is 18.0 Å². The van der Waals surface area contributed by atoms with Crippen molar-refractivity contribution >= 4 is 30.7 Å². The molecule has 0 aliphatic carbocycles. The number of piperidine rings is 2. The van der Waals surface area contributed by atoms with Crippen molar-refractivity contribution in [2.45, 2.75) is 51.1 Å². The third-order valence-corrected chi connectivity index (χ3v) is 5.86. The Morgan fingerprint density at radius 1 is 1.26 bits per heavy atom. The summed E-state index contributed by atoms with van der Waals surface area (Å²) >= 11 is 0. The second-order valence-corrected chi connectivity index (χ2v) is 7.80. The lowest BCUT2D eigenvalue weighted by molar-refractivity contribution is -0.135. The maximum Gasteiger partial charge on any atom is 0.244 e. The van der Waals surface area contributed by atoms with Gasteiger partial charge in [0.15, 0.2) is 0 Å². The second-order valence-electron chi connectivity index (χ2n) is 7.80. The molecule has 0 spiro atoms. The average molecular weight is 420 g/mol. The summed E-state index contributed by atoms with van der Waals surface area (Å²) in [6.07, 6.45) is 10.1. The molecule has 6 nitrogen and oxygen atoms in total. The average Bonchev–Trinajstić information content (AvgIpc) is 3.04. The minimum atomic E-state index is -0.290. The Morgan fingerprint density at radius 2 is 2.04 bits per heavy atom. The van der Waals surface area contributed by atoms with Crippen molar-refractivity contribution in [3.8, 4) is 0 Å². The summed E-state index contributed by atoms with van der Waals surface area (Å²) in [4.78, 5) is 17.8. The molecule has 3 rings (SSSR count). The van der Waals surface area contributed by atoms with Crippen LogP contribution in [0.25, 0.3) is 0 Å². The first kappa shape index (κ1) is 24.2. The van der Waals surface area contributed by atoms with Crippen LogP contribution in [-0.2, 0) is 11.8 Å². The van der Waals surface area contributed by atoms with Gasteiger partial charge in [0.05, 0.1) is 6.20 Å². The van der Waals surface area contributed by atoms with Gasteiger partial charge in [-0.1, -0.05) is 6.42 Å². The molecule has 0 radical (unpaired) electrons. The van der Waals surface area contributed by atoms with E-state index in [0.717, 1.165) is 31.6 Å². The number of carbonyl (C=O) groups is 1. The highest BCUT2D eigenvalue weighted by Crippen LogP contribution is 2.25. The third-order valence-electron chi connectivity index (χ3n) is 5.86. The maximum absolute atomic E-state index is 13.1. The van der Waals surface area contributed by atoms with Gasteiger partial charge < -0.3 is 15.1 Å². The standard InChI is InChI=1S/C19H33N5O.2ClH/c1-15-7-4-5-9-23(15)12-16-8-6-10-24(13-16)19(25)18(20-2)17-11-21-22(3)14-17;;/h11,14-16,18,20H,4-10,12-13H2,1-3H3;2*1H. The van der Waals surface area contributed by atoms with Crippen LogP contribution in [0.5, 0.6) is 0 Å². The van der Waals surface area contributed by atoms with Crippen molar-refractivity contribution in [3.63, 3.8) is 0 Å². The number of nitrogens with one attached hydrogen (secondary N) is 1. The number of hydrogen-bond acceptors (Lipinski definition) is 4. The van der Waals surface area contributed by atoms with Crippen molar-refractivity contribution in [2.75, 3.05) is 33.2 Å². The Labute approximate surface area is 175 Å². The fraction of sp³-hybridized carbons (Fsp3) is 0.789. The first-order valence-corrected chi connectivity index (χ1v) is 9.77. The van der Waals surface area contributed by atoms with Gasteiger partial charge in [-0.3, -0.25) is 9.48 Å². The fourth-order valence-electron chi connectivity index (χ4n) is 4.38. The van der Waals surface area contributed by atoms with E-state index in [4.69, 9.17) is 0 Å². The van der Waals surface area contributed by atoms with E-state index in [0.29, 0.717) is 12.0 Å². The fourth-order valence-corrected chi connectivity index (χ4v) is 4.38. The number of rotatable bonds is 5. The molecule has 2 fully saturated rings. The highest BCUT2D eigenvalue weighted by atomic mass is 35.5. The van der Waals surface area contributed by atoms with Crippen molar-refractivity contribution in [1.82, 2.24) is 24.9 Å². The van der Waals surface area contributed by atoms with Gasteiger partial charge >= 0.3 is 0 Å². The molecule has 2 aliphatic heterocycles. The molecule has 1 N–H and O–H groups in total. The van der Waals surface area contributed by atoms with Gasteiger partial charge in [-0.25, -0.2) is 0 Å². The Bertz CT molecular complexity index is 582. The molecular weight excluding hydrogens is 385 g/mol. The second kappa shape index (κ2) is 11.2. The molecule has 3 unspecified atom stereocenters. The molecular formula is C19H35Cl2N5O. The smallest absolute Gasteiger partial charge is 0.244 e. The lowest BCUT2D eigenvalue weighted by Crippen LogP contribution is -2.49. The number of halogens is 2. The zero-order valence-corrected chi connectivity index (χ0v) is 18.4. The largest absolute Gasteiger partial charge is 0.341 e. The van der Waals surface area contributed by atoms with Crippen molar-refractivity contribution in [2.24, 2.45) is 13.0 Å². The summed E-state index contributed by atoms with van der Waals surface area (Å²) < 4.78 is 1.75. The number of likely N-dealkylation sites (tertiary alicyclic amines) is 2. The number of nitrogens with zero attached hydrogens (tertiary/aromatic N) is 4. The minimum Gasteiger partial charge on any atom is -0.341 e. The van der Waals surface area contributed by atoms with Gasteiger partial charge in [0.25, 0.3) is 0 Å². The maximum atomic E-state index is 13.1. The summed E-state index contributed by atoms with van der Waals surface area (Å²) in [7, 11) is 3.74. The van der Waals surface area contributed by atoms with Crippen molar-refractivity contribution in [1.29, 1.82) is 0 Å². The Hall–Kier alpha value is -0.820. The van der Waals surface area contributed by atoms with Crippen LogP contribution in [0, 0.1) is 5.92 Å². The van der Waals surface area contributed by atoms with Crippen LogP contribution < -0.4 is 5.32 Å². The summed E-state index contributed by atoms with van der Waals surface area (Å²) in [5.74, 6) is 0.788. The van der Waals surface area contributed by atoms with Gasteiger partial charge in [0.2, 0.25) is 5.91 Å². The van der Waals surface area contributed by atoms with Gasteiger partial charge in [-0.05, 0) is 52.1 Å². The summed E-state index contributed by atoms with van der Waals surface area (Å²) in [6.45, 7) is 6.48. The molecule has 3 heterocycles. The highest BCUT2D eigenvalue weighted by Gasteiger charge is 2.31. The lowest BCUT2D eigenvalue weighted by Gasteiger charge is -2.40. The summed E-state index contributed by atoms with van der Waals surface area (Å²) in [5, 5.41) is 7.39. The molecule has 8 heteroatoms. The monoisotopic (exact) mass is 419 g/mol. The summed E-state index contributed by atoms with van der Waals surface area (Å²) in [6, 6.07) is 0.404. The van der Waals surface area contributed by atoms with Crippen LogP contribution in [0.3, 0.4) is 0 Å². The molecule has 2 saturated heterocycles. The molecule has 2 aliphatic rings. The Morgan fingerprint density at radius 3 is 2.67 bits per heavy atom. The third kappa shape index (κ3) is 6.08. The zero-order valence-electron chi connectivity index (χ0n) is 16.8. The van der Waals surface area contributed by atoms with Gasteiger partial charge in [0.1, 0.15) is 6.04 Å². The highest BCUT2D eigenvalue weighted by molar-refractivity contribution is 5.85. The van der Waals surface area contributed by atoms with Crippen LogP contribution in [0.4, 0.5) is 0 Å². The predicted octanol–water partition coefficient (Wildman–Crippen LogP) is 2.64. The first-order chi connectivity index (χ1) is 12.1. The molecule has 1 aromatic heterocycles. The van der Waals surface area contributed by atoms with Crippen LogP contribution in [0.2, 0.25) is 0 Å². The van der Waals surface area contributed by atoms with E-state index >= 15 is 0 Å². The first-order valence-electron chi connectivity index (χ1n) is 9.77. The van der Waals surface area contributed by atoms with E-state index < -0.39 is 0 Å². The number of hydrogen-bond donors (Lipinski definition) is 1. The number of aromatic nitrogens is 2. The molecule has 27 heavy (non-hydrogen) atoms.